The molecule has 4 rings (SSSR count). The summed E-state index contributed by atoms with van der Waals surface area (Å²) in [7, 11) is 0. The fourth-order valence-corrected chi connectivity index (χ4v) is 4.84. The van der Waals surface area contributed by atoms with Gasteiger partial charge in [0.1, 0.15) is 18.2 Å². The van der Waals surface area contributed by atoms with Crippen molar-refractivity contribution in [3.63, 3.8) is 0 Å². The Labute approximate surface area is 235 Å². The maximum Gasteiger partial charge on any atom is 0.266 e. The number of halogens is 2. The third-order valence-electron chi connectivity index (χ3n) is 6.09. The van der Waals surface area contributed by atoms with Crippen LogP contribution >= 0.6 is 27.5 Å². The molecule has 0 spiro atoms. The quantitative estimate of drug-likeness (QED) is 0.165. The number of nitrogens with zero attached hydrogens (tertiary/aromatic N) is 1. The summed E-state index contributed by atoms with van der Waals surface area (Å²) in [6.07, 6.45) is 1.52. The molecule has 0 saturated heterocycles. The lowest BCUT2D eigenvalue weighted by Crippen LogP contribution is -2.14. The minimum Gasteiger partial charge on any atom is -0.490 e. The molecule has 4 aromatic rings. The highest BCUT2D eigenvalue weighted by Crippen LogP contribution is 2.39. The summed E-state index contributed by atoms with van der Waals surface area (Å²) in [6.45, 7) is 6.58. The van der Waals surface area contributed by atoms with Crippen LogP contribution in [0.15, 0.2) is 76.8 Å². The predicted octanol–water partition coefficient (Wildman–Crippen LogP) is 8.40. The average Bonchev–Trinajstić information content (AvgIpc) is 2.90. The van der Waals surface area contributed by atoms with Gasteiger partial charge in [0.05, 0.1) is 11.1 Å². The lowest BCUT2D eigenvalue weighted by molar-refractivity contribution is -0.112. The Morgan fingerprint density at radius 2 is 1.82 bits per heavy atom. The Hall–Kier alpha value is -3.79. The monoisotopic (exact) mass is 588 g/mol. The highest BCUT2D eigenvalue weighted by molar-refractivity contribution is 9.10. The molecule has 0 heterocycles. The molecule has 0 aliphatic rings. The molecule has 0 unspecified atom stereocenters. The molecular weight excluding hydrogens is 564 g/mol. The van der Waals surface area contributed by atoms with Crippen molar-refractivity contribution in [2.75, 3.05) is 11.9 Å². The number of amides is 1. The highest BCUT2D eigenvalue weighted by atomic mass is 79.9. The summed E-state index contributed by atoms with van der Waals surface area (Å²) in [5, 5.41) is 15.3. The number of aryl methyl sites for hydroxylation is 2. The van der Waals surface area contributed by atoms with Gasteiger partial charge in [0.25, 0.3) is 5.91 Å². The van der Waals surface area contributed by atoms with E-state index in [1.165, 1.54) is 6.08 Å². The molecule has 0 atom stereocenters. The van der Waals surface area contributed by atoms with Crippen LogP contribution in [0.3, 0.4) is 0 Å². The molecule has 7 heteroatoms. The van der Waals surface area contributed by atoms with E-state index in [0.29, 0.717) is 45.5 Å². The van der Waals surface area contributed by atoms with Gasteiger partial charge < -0.3 is 14.8 Å². The molecule has 0 saturated carbocycles. The van der Waals surface area contributed by atoms with Crippen LogP contribution in [0, 0.1) is 25.2 Å². The first-order chi connectivity index (χ1) is 18.3. The number of benzene rings is 4. The number of rotatable bonds is 8. The number of nitriles is 1. The van der Waals surface area contributed by atoms with E-state index in [4.69, 9.17) is 21.1 Å². The van der Waals surface area contributed by atoms with Crippen LogP contribution in [0.1, 0.15) is 29.2 Å². The van der Waals surface area contributed by atoms with Crippen LogP contribution in [-0.2, 0) is 11.4 Å². The van der Waals surface area contributed by atoms with E-state index in [0.717, 1.165) is 27.5 Å². The van der Waals surface area contributed by atoms with Crippen LogP contribution in [0.5, 0.6) is 11.5 Å². The van der Waals surface area contributed by atoms with Gasteiger partial charge in [-0.15, -0.1) is 0 Å². The van der Waals surface area contributed by atoms with Gasteiger partial charge >= 0.3 is 0 Å². The normalized spacial score (nSPS) is 11.2. The van der Waals surface area contributed by atoms with Crippen LogP contribution < -0.4 is 14.8 Å². The van der Waals surface area contributed by atoms with Gasteiger partial charge in [-0.1, -0.05) is 54.1 Å². The Balaban J connectivity index is 1.62. The second-order valence-electron chi connectivity index (χ2n) is 8.72. The van der Waals surface area contributed by atoms with Gasteiger partial charge in [0, 0.05) is 16.3 Å². The summed E-state index contributed by atoms with van der Waals surface area (Å²) in [4.78, 5) is 12.9. The SMILES string of the molecule is CCOc1cc(/C=C(\C#N)C(=O)Nc2cc(Cl)ccc2C)cc(Br)c1OCc1c(C)ccc2ccccc12. The van der Waals surface area contributed by atoms with Gasteiger partial charge in [-0.25, -0.2) is 0 Å². The number of fused-ring (bicyclic) bond motifs is 1. The number of hydrogen-bond donors (Lipinski definition) is 1. The van der Waals surface area contributed by atoms with Crippen molar-refractivity contribution >= 4 is 56.0 Å². The number of hydrogen-bond acceptors (Lipinski definition) is 4. The number of carbonyl (C=O) groups is 1. The van der Waals surface area contributed by atoms with Crippen LogP contribution in [-0.4, -0.2) is 12.5 Å². The summed E-state index contributed by atoms with van der Waals surface area (Å²) < 4.78 is 12.8. The van der Waals surface area contributed by atoms with Crippen molar-refractivity contribution in [1.82, 2.24) is 0 Å². The third kappa shape index (κ3) is 6.19. The second-order valence-corrected chi connectivity index (χ2v) is 10.0. The molecule has 192 valence electrons. The zero-order chi connectivity index (χ0) is 27.2. The topological polar surface area (TPSA) is 71.3 Å². The van der Waals surface area contributed by atoms with Crippen LogP contribution in [0.25, 0.3) is 16.8 Å². The average molecular weight is 590 g/mol. The van der Waals surface area contributed by atoms with E-state index in [9.17, 15) is 10.1 Å². The zero-order valence-electron chi connectivity index (χ0n) is 21.3. The summed E-state index contributed by atoms with van der Waals surface area (Å²) in [5.74, 6) is 0.530. The summed E-state index contributed by atoms with van der Waals surface area (Å²) >= 11 is 9.66. The molecule has 38 heavy (non-hydrogen) atoms. The second kappa shape index (κ2) is 12.2. The molecule has 1 N–H and O–H groups in total. The molecule has 5 nitrogen and oxygen atoms in total. The third-order valence-corrected chi connectivity index (χ3v) is 6.92. The zero-order valence-corrected chi connectivity index (χ0v) is 23.6. The van der Waals surface area contributed by atoms with Gasteiger partial charge in [0.15, 0.2) is 11.5 Å². The summed E-state index contributed by atoms with van der Waals surface area (Å²) in [6, 6.07) is 23.1. The lowest BCUT2D eigenvalue weighted by Gasteiger charge is -2.17. The van der Waals surface area contributed by atoms with E-state index in [1.54, 1.807) is 30.3 Å². The smallest absolute Gasteiger partial charge is 0.266 e. The molecule has 0 radical (unpaired) electrons. The predicted molar refractivity (Wildman–Crippen MR) is 157 cm³/mol. The van der Waals surface area contributed by atoms with Gasteiger partial charge in [-0.05, 0) is 94.5 Å². The summed E-state index contributed by atoms with van der Waals surface area (Å²) in [5.41, 5.74) is 4.18. The number of ether oxygens (including phenoxy) is 2. The van der Waals surface area contributed by atoms with Gasteiger partial charge in [0.2, 0.25) is 0 Å². The molecule has 0 aliphatic heterocycles. The molecule has 1 amide bonds. The van der Waals surface area contributed by atoms with Crippen molar-refractivity contribution in [2.24, 2.45) is 0 Å². The molecule has 0 aromatic heterocycles. The molecule has 0 fully saturated rings. The highest BCUT2D eigenvalue weighted by Gasteiger charge is 2.16. The van der Waals surface area contributed by atoms with E-state index >= 15 is 0 Å². The van der Waals surface area contributed by atoms with Crippen molar-refractivity contribution in [1.29, 1.82) is 5.26 Å². The van der Waals surface area contributed by atoms with Crippen molar-refractivity contribution < 1.29 is 14.3 Å². The maximum atomic E-state index is 12.9. The molecule has 0 bridgehead atoms. The maximum absolute atomic E-state index is 12.9. The first-order valence-electron chi connectivity index (χ1n) is 12.1. The van der Waals surface area contributed by atoms with Gasteiger partial charge in [-0.2, -0.15) is 5.26 Å². The minimum absolute atomic E-state index is 0.0567. The molecular formula is C31H26BrClN2O3. The first-order valence-corrected chi connectivity index (χ1v) is 13.2. The van der Waals surface area contributed by atoms with E-state index in [-0.39, 0.29) is 5.57 Å². The van der Waals surface area contributed by atoms with Crippen molar-refractivity contribution in [2.45, 2.75) is 27.4 Å². The number of carbonyl (C=O) groups excluding carboxylic acids is 1. The van der Waals surface area contributed by atoms with Crippen molar-refractivity contribution in [3.8, 4) is 17.6 Å². The lowest BCUT2D eigenvalue weighted by atomic mass is 10.0. The largest absolute Gasteiger partial charge is 0.490 e. The van der Waals surface area contributed by atoms with Crippen LogP contribution in [0.4, 0.5) is 5.69 Å². The Morgan fingerprint density at radius 1 is 1.05 bits per heavy atom. The standard InChI is InChI=1S/C31H26BrClN2O3/c1-4-37-29-15-21(13-23(17-34)31(36)35-28-16-24(33)12-10-20(28)3)14-27(32)30(29)38-18-26-19(2)9-11-22-7-5-6-8-25(22)26/h5-16H,4,18H2,1-3H3,(H,35,36)/b23-13+. The first kappa shape index (κ1) is 27.3. The Bertz CT molecular complexity index is 1590. The number of anilines is 1. The molecule has 4 aromatic carbocycles. The molecule has 0 aliphatic carbocycles. The fourth-order valence-electron chi connectivity index (χ4n) is 4.09. The van der Waals surface area contributed by atoms with Crippen molar-refractivity contribution in [3.05, 3.63) is 104 Å². The van der Waals surface area contributed by atoms with E-state index in [2.05, 4.69) is 52.4 Å². The Morgan fingerprint density at radius 3 is 2.58 bits per heavy atom. The van der Waals surface area contributed by atoms with E-state index in [1.807, 2.05) is 32.0 Å². The fraction of sp³-hybridized carbons (Fsp3) is 0.161. The van der Waals surface area contributed by atoms with Crippen LogP contribution in [0.2, 0.25) is 5.02 Å². The van der Waals surface area contributed by atoms with Gasteiger partial charge in [-0.3, -0.25) is 4.79 Å². The number of nitrogens with one attached hydrogen (secondary N) is 1. The minimum atomic E-state index is -0.529. The van der Waals surface area contributed by atoms with E-state index < -0.39 is 5.91 Å². The Kier molecular flexibility index (Phi) is 8.73.